The summed E-state index contributed by atoms with van der Waals surface area (Å²) in [5, 5.41) is 3.08. The molecule has 0 aliphatic carbocycles. The second kappa shape index (κ2) is 14.6. The molecule has 6 heteroatoms. The Morgan fingerprint density at radius 3 is 2.00 bits per heavy atom. The molecule has 1 aromatic carbocycles. The first-order chi connectivity index (χ1) is 8.24. The van der Waals surface area contributed by atoms with Crippen LogP contribution in [0.15, 0.2) is 30.3 Å². The number of benzene rings is 1. The SMILES string of the molecule is CCO[P+](=O)OCC.CNCc1ccccc1.Cl. The van der Waals surface area contributed by atoms with Gasteiger partial charge in [0.05, 0.1) is 0 Å². The van der Waals surface area contributed by atoms with Gasteiger partial charge < -0.3 is 5.32 Å². The van der Waals surface area contributed by atoms with Gasteiger partial charge in [-0.1, -0.05) is 30.3 Å². The molecule has 4 nitrogen and oxygen atoms in total. The fourth-order valence-electron chi connectivity index (χ4n) is 1.05. The predicted octanol–water partition coefficient (Wildman–Crippen LogP) is 3.54. The standard InChI is InChI=1S/C8H11N.C4H10O3P.ClH/c1-9-7-8-5-3-2-4-6-8;1-3-6-8(5)7-4-2;/h2-6,9H,7H2,1H3;3-4H2,1-2H3;1H/q;+1;. The Hall–Kier alpha value is -0.510. The lowest BCUT2D eigenvalue weighted by molar-refractivity contribution is 0.243. The van der Waals surface area contributed by atoms with E-state index in [4.69, 9.17) is 0 Å². The minimum Gasteiger partial charge on any atom is -0.316 e. The number of rotatable bonds is 6. The molecule has 18 heavy (non-hydrogen) atoms. The van der Waals surface area contributed by atoms with Crippen molar-refractivity contribution in [3.8, 4) is 0 Å². The van der Waals surface area contributed by atoms with Crippen LogP contribution in [0.2, 0.25) is 0 Å². The fraction of sp³-hybridized carbons (Fsp3) is 0.500. The molecular formula is C12H22ClNO3P+. The molecule has 1 N–H and O–H groups in total. The van der Waals surface area contributed by atoms with Gasteiger partial charge >= 0.3 is 8.25 Å². The fourth-order valence-corrected chi connectivity index (χ4v) is 1.54. The Kier molecular flexibility index (Phi) is 16.0. The Labute approximate surface area is 116 Å². The van der Waals surface area contributed by atoms with E-state index in [-0.39, 0.29) is 12.4 Å². The van der Waals surface area contributed by atoms with Crippen molar-refractivity contribution in [3.05, 3.63) is 35.9 Å². The highest BCUT2D eigenvalue weighted by Gasteiger charge is 2.15. The highest BCUT2D eigenvalue weighted by atomic mass is 35.5. The molecule has 1 rings (SSSR count). The first kappa shape index (κ1) is 19.8. The van der Waals surface area contributed by atoms with E-state index in [1.54, 1.807) is 13.8 Å². The molecule has 104 valence electrons. The van der Waals surface area contributed by atoms with Crippen LogP contribution < -0.4 is 5.32 Å². The minimum absolute atomic E-state index is 0. The lowest BCUT2D eigenvalue weighted by Crippen LogP contribution is -2.04. The van der Waals surface area contributed by atoms with Crippen LogP contribution in [0.3, 0.4) is 0 Å². The van der Waals surface area contributed by atoms with E-state index in [1.807, 2.05) is 25.2 Å². The van der Waals surface area contributed by atoms with Gasteiger partial charge in [-0.2, -0.15) is 0 Å². The third kappa shape index (κ3) is 12.0. The van der Waals surface area contributed by atoms with Gasteiger partial charge in [-0.05, 0) is 26.5 Å². The molecule has 0 unspecified atom stereocenters. The molecule has 0 fully saturated rings. The van der Waals surface area contributed by atoms with Gasteiger partial charge in [0.25, 0.3) is 0 Å². The number of halogens is 1. The molecule has 0 aliphatic heterocycles. The summed E-state index contributed by atoms with van der Waals surface area (Å²) in [6, 6.07) is 10.3. The minimum atomic E-state index is -1.83. The maximum Gasteiger partial charge on any atom is 0.697 e. The van der Waals surface area contributed by atoms with E-state index in [0.29, 0.717) is 13.2 Å². The molecule has 0 aliphatic rings. The van der Waals surface area contributed by atoms with Crippen LogP contribution in [0, 0.1) is 0 Å². The van der Waals surface area contributed by atoms with Crippen LogP contribution in [0.5, 0.6) is 0 Å². The van der Waals surface area contributed by atoms with Crippen LogP contribution >= 0.6 is 20.7 Å². The van der Waals surface area contributed by atoms with Crippen molar-refractivity contribution in [1.29, 1.82) is 0 Å². The van der Waals surface area contributed by atoms with E-state index in [1.165, 1.54) is 5.56 Å². The summed E-state index contributed by atoms with van der Waals surface area (Å²) >= 11 is 0. The molecule has 0 amide bonds. The van der Waals surface area contributed by atoms with Crippen molar-refractivity contribution >= 4 is 20.7 Å². The summed E-state index contributed by atoms with van der Waals surface area (Å²) in [7, 11) is 0.121. The second-order valence-electron chi connectivity index (χ2n) is 3.08. The van der Waals surface area contributed by atoms with Crippen molar-refractivity contribution in [1.82, 2.24) is 5.32 Å². The van der Waals surface area contributed by atoms with Gasteiger partial charge in [-0.3, -0.25) is 0 Å². The predicted molar refractivity (Wildman–Crippen MR) is 77.3 cm³/mol. The highest BCUT2D eigenvalue weighted by molar-refractivity contribution is 7.33. The molecule has 1 aromatic rings. The molecule has 0 atom stereocenters. The summed E-state index contributed by atoms with van der Waals surface area (Å²) in [5.74, 6) is 0. The Morgan fingerprint density at radius 1 is 1.11 bits per heavy atom. The average Bonchev–Trinajstić information content (AvgIpc) is 2.32. The molecule has 0 heterocycles. The monoisotopic (exact) mass is 294 g/mol. The molecule has 0 bridgehead atoms. The largest absolute Gasteiger partial charge is 0.697 e. The first-order valence-electron chi connectivity index (χ1n) is 5.66. The van der Waals surface area contributed by atoms with Gasteiger partial charge in [-0.25, -0.2) is 0 Å². The number of hydrogen-bond donors (Lipinski definition) is 1. The maximum atomic E-state index is 10.3. The molecule has 0 radical (unpaired) electrons. The quantitative estimate of drug-likeness (QED) is 0.815. The van der Waals surface area contributed by atoms with Crippen molar-refractivity contribution in [2.75, 3.05) is 20.3 Å². The summed E-state index contributed by atoms with van der Waals surface area (Å²) in [4.78, 5) is 0. The number of hydrogen-bond acceptors (Lipinski definition) is 4. The van der Waals surface area contributed by atoms with Crippen LogP contribution in [0.25, 0.3) is 0 Å². The van der Waals surface area contributed by atoms with Crippen LogP contribution in [0.4, 0.5) is 0 Å². The average molecular weight is 295 g/mol. The van der Waals surface area contributed by atoms with E-state index in [2.05, 4.69) is 26.5 Å². The van der Waals surface area contributed by atoms with E-state index in [0.717, 1.165) is 6.54 Å². The smallest absolute Gasteiger partial charge is 0.316 e. The van der Waals surface area contributed by atoms with Crippen molar-refractivity contribution in [3.63, 3.8) is 0 Å². The van der Waals surface area contributed by atoms with Crippen LogP contribution in [0.1, 0.15) is 19.4 Å². The number of nitrogens with one attached hydrogen (secondary N) is 1. The van der Waals surface area contributed by atoms with Gasteiger partial charge in [0, 0.05) is 11.1 Å². The topological polar surface area (TPSA) is 47.6 Å². The molecule has 0 saturated heterocycles. The van der Waals surface area contributed by atoms with Crippen molar-refractivity contribution < 1.29 is 13.6 Å². The summed E-state index contributed by atoms with van der Waals surface area (Å²) in [5.41, 5.74) is 1.33. The van der Waals surface area contributed by atoms with Crippen molar-refractivity contribution in [2.45, 2.75) is 20.4 Å². The van der Waals surface area contributed by atoms with Gasteiger partial charge in [-0.15, -0.1) is 21.5 Å². The third-order valence-corrected chi connectivity index (χ3v) is 2.63. The third-order valence-electron chi connectivity index (χ3n) is 1.69. The van der Waals surface area contributed by atoms with Crippen molar-refractivity contribution in [2.24, 2.45) is 0 Å². The summed E-state index contributed by atoms with van der Waals surface area (Å²) in [6.45, 7) is 5.38. The zero-order valence-electron chi connectivity index (χ0n) is 11.1. The Morgan fingerprint density at radius 2 is 1.61 bits per heavy atom. The van der Waals surface area contributed by atoms with E-state index >= 15 is 0 Å². The Balaban J connectivity index is 0. The zero-order valence-corrected chi connectivity index (χ0v) is 12.8. The van der Waals surface area contributed by atoms with Gasteiger partial charge in [0.1, 0.15) is 13.2 Å². The first-order valence-corrected chi connectivity index (χ1v) is 6.75. The second-order valence-corrected chi connectivity index (χ2v) is 4.04. The summed E-state index contributed by atoms with van der Waals surface area (Å²) < 4.78 is 19.5. The summed E-state index contributed by atoms with van der Waals surface area (Å²) in [6.07, 6.45) is 0. The lowest BCUT2D eigenvalue weighted by Gasteiger charge is -1.95. The zero-order chi connectivity index (χ0) is 12.9. The highest BCUT2D eigenvalue weighted by Crippen LogP contribution is 2.21. The van der Waals surface area contributed by atoms with Crippen LogP contribution in [-0.2, 0) is 20.2 Å². The van der Waals surface area contributed by atoms with Gasteiger partial charge in [0.2, 0.25) is 0 Å². The molecule has 0 spiro atoms. The van der Waals surface area contributed by atoms with Crippen LogP contribution in [-0.4, -0.2) is 20.3 Å². The molecular weight excluding hydrogens is 273 g/mol. The molecule has 0 saturated carbocycles. The lowest BCUT2D eigenvalue weighted by atomic mass is 10.2. The van der Waals surface area contributed by atoms with Gasteiger partial charge in [0.15, 0.2) is 0 Å². The van der Waals surface area contributed by atoms with E-state index in [9.17, 15) is 4.57 Å². The van der Waals surface area contributed by atoms with E-state index < -0.39 is 8.25 Å². The normalized spacial score (nSPS) is 8.83. The molecule has 0 aromatic heterocycles. The Bertz CT molecular complexity index is 291. The maximum absolute atomic E-state index is 10.3.